The van der Waals surface area contributed by atoms with E-state index in [9.17, 15) is 4.79 Å². The fourth-order valence-electron chi connectivity index (χ4n) is 2.16. The number of amides is 1. The summed E-state index contributed by atoms with van der Waals surface area (Å²) in [6.45, 7) is 4.39. The maximum atomic E-state index is 11.8. The Hall–Kier alpha value is -2.47. The van der Waals surface area contributed by atoms with Crippen molar-refractivity contribution >= 4 is 39.0 Å². The van der Waals surface area contributed by atoms with Crippen LogP contribution in [0, 0.1) is 5.92 Å². The van der Waals surface area contributed by atoms with E-state index in [2.05, 4.69) is 20.6 Å². The highest BCUT2D eigenvalue weighted by molar-refractivity contribution is 7.16. The average molecular weight is 326 g/mol. The third kappa shape index (κ3) is 3.65. The summed E-state index contributed by atoms with van der Waals surface area (Å²) in [5.74, 6) is 0.809. The summed E-state index contributed by atoms with van der Waals surface area (Å²) in [6.07, 6.45) is 1.57. The van der Waals surface area contributed by atoms with E-state index in [1.54, 1.807) is 17.7 Å². The number of nitrogens with zero attached hydrogens (tertiary/aromatic N) is 2. The molecular formula is C17H18N4OS. The van der Waals surface area contributed by atoms with E-state index in [1.165, 1.54) is 0 Å². The molecule has 3 aromatic rings. The molecule has 0 unspecified atom stereocenters. The Morgan fingerprint density at radius 1 is 1.26 bits per heavy atom. The molecule has 0 atom stereocenters. The number of nitrogens with one attached hydrogen (secondary N) is 2. The van der Waals surface area contributed by atoms with Crippen molar-refractivity contribution in [2.75, 3.05) is 10.6 Å². The van der Waals surface area contributed by atoms with Crippen LogP contribution in [0.4, 0.5) is 11.5 Å². The highest BCUT2D eigenvalue weighted by Crippen LogP contribution is 2.24. The van der Waals surface area contributed by atoms with Gasteiger partial charge < -0.3 is 10.6 Å². The number of carbonyl (C=O) groups excluding carboxylic acids is 1. The molecule has 1 amide bonds. The molecular weight excluding hydrogens is 308 g/mol. The molecule has 23 heavy (non-hydrogen) atoms. The van der Waals surface area contributed by atoms with Gasteiger partial charge in [-0.25, -0.2) is 9.97 Å². The third-order valence-corrected chi connectivity index (χ3v) is 4.26. The summed E-state index contributed by atoms with van der Waals surface area (Å²) in [5.41, 5.74) is 1.89. The van der Waals surface area contributed by atoms with Crippen LogP contribution in [-0.4, -0.2) is 15.9 Å². The maximum Gasteiger partial charge on any atom is 0.226 e. The molecule has 0 saturated carbocycles. The Morgan fingerprint density at radius 2 is 2.13 bits per heavy atom. The van der Waals surface area contributed by atoms with Gasteiger partial charge in [-0.3, -0.25) is 4.79 Å². The molecule has 0 aliphatic heterocycles. The average Bonchev–Trinajstić information content (AvgIpc) is 3.02. The number of carbonyl (C=O) groups is 1. The molecule has 0 spiro atoms. The number of hydrogen-bond donors (Lipinski definition) is 2. The van der Waals surface area contributed by atoms with Crippen LogP contribution in [-0.2, 0) is 11.3 Å². The smallest absolute Gasteiger partial charge is 0.226 e. The Kier molecular flexibility index (Phi) is 4.52. The summed E-state index contributed by atoms with van der Waals surface area (Å²) >= 11 is 1.60. The van der Waals surface area contributed by atoms with Crippen LogP contribution in [0.1, 0.15) is 19.4 Å². The van der Waals surface area contributed by atoms with E-state index in [-0.39, 0.29) is 11.8 Å². The van der Waals surface area contributed by atoms with E-state index in [1.807, 2.05) is 49.6 Å². The summed E-state index contributed by atoms with van der Waals surface area (Å²) in [4.78, 5) is 21.3. The zero-order chi connectivity index (χ0) is 16.2. The van der Waals surface area contributed by atoms with E-state index in [0.717, 1.165) is 27.3 Å². The second-order valence-corrected chi connectivity index (χ2v) is 6.45. The number of anilines is 2. The molecule has 0 fully saturated rings. The molecule has 2 heterocycles. The van der Waals surface area contributed by atoms with Gasteiger partial charge in [-0.2, -0.15) is 0 Å². The number of thiophene rings is 1. The zero-order valence-electron chi connectivity index (χ0n) is 13.0. The monoisotopic (exact) mass is 326 g/mol. The minimum absolute atomic E-state index is 0.0193. The number of benzene rings is 1. The SMILES string of the molecule is CC(C)C(=O)Nc1cccc(CNc2ncnc3sccc23)c1. The van der Waals surface area contributed by atoms with Crippen molar-refractivity contribution in [1.82, 2.24) is 9.97 Å². The Bertz CT molecular complexity index is 828. The van der Waals surface area contributed by atoms with E-state index in [4.69, 9.17) is 0 Å². The lowest BCUT2D eigenvalue weighted by Crippen LogP contribution is -2.17. The fraction of sp³-hybridized carbons (Fsp3) is 0.235. The van der Waals surface area contributed by atoms with Crippen molar-refractivity contribution in [1.29, 1.82) is 0 Å². The molecule has 6 heteroatoms. The van der Waals surface area contributed by atoms with Gasteiger partial charge in [0.05, 0.1) is 5.39 Å². The quantitative estimate of drug-likeness (QED) is 0.746. The second kappa shape index (κ2) is 6.75. The van der Waals surface area contributed by atoms with Crippen molar-refractivity contribution in [3.63, 3.8) is 0 Å². The van der Waals surface area contributed by atoms with E-state index < -0.39 is 0 Å². The molecule has 0 bridgehead atoms. The lowest BCUT2D eigenvalue weighted by Gasteiger charge is -2.10. The lowest BCUT2D eigenvalue weighted by atomic mass is 10.1. The van der Waals surface area contributed by atoms with Crippen LogP contribution < -0.4 is 10.6 Å². The highest BCUT2D eigenvalue weighted by Gasteiger charge is 2.08. The highest BCUT2D eigenvalue weighted by atomic mass is 32.1. The van der Waals surface area contributed by atoms with Gasteiger partial charge in [-0.1, -0.05) is 26.0 Å². The lowest BCUT2D eigenvalue weighted by molar-refractivity contribution is -0.118. The molecule has 0 aliphatic carbocycles. The first kappa shape index (κ1) is 15.4. The number of fused-ring (bicyclic) bond motifs is 1. The number of rotatable bonds is 5. The van der Waals surface area contributed by atoms with E-state index >= 15 is 0 Å². The Morgan fingerprint density at radius 3 is 2.96 bits per heavy atom. The summed E-state index contributed by atoms with van der Waals surface area (Å²) in [5, 5.41) is 9.29. The van der Waals surface area contributed by atoms with Crippen molar-refractivity contribution in [2.24, 2.45) is 5.92 Å². The normalized spacial score (nSPS) is 10.9. The van der Waals surface area contributed by atoms with Gasteiger partial charge in [0, 0.05) is 18.2 Å². The van der Waals surface area contributed by atoms with Crippen molar-refractivity contribution in [3.05, 3.63) is 47.6 Å². The van der Waals surface area contributed by atoms with Crippen LogP contribution in [0.15, 0.2) is 42.0 Å². The molecule has 1 aromatic carbocycles. The van der Waals surface area contributed by atoms with Gasteiger partial charge in [0.2, 0.25) is 5.91 Å². The fourth-order valence-corrected chi connectivity index (χ4v) is 2.90. The maximum absolute atomic E-state index is 11.8. The first-order chi connectivity index (χ1) is 11.1. The molecule has 2 aromatic heterocycles. The van der Waals surface area contributed by atoms with Crippen LogP contribution in [0.25, 0.3) is 10.2 Å². The van der Waals surface area contributed by atoms with Gasteiger partial charge >= 0.3 is 0 Å². The minimum atomic E-state index is -0.0373. The van der Waals surface area contributed by atoms with Gasteiger partial charge in [0.15, 0.2) is 0 Å². The van der Waals surface area contributed by atoms with Crippen LogP contribution in [0.5, 0.6) is 0 Å². The summed E-state index contributed by atoms with van der Waals surface area (Å²) in [7, 11) is 0. The van der Waals surface area contributed by atoms with E-state index in [0.29, 0.717) is 6.54 Å². The summed E-state index contributed by atoms with van der Waals surface area (Å²) in [6, 6.07) is 9.84. The largest absolute Gasteiger partial charge is 0.365 e. The molecule has 0 aliphatic rings. The minimum Gasteiger partial charge on any atom is -0.365 e. The van der Waals surface area contributed by atoms with Gasteiger partial charge in [-0.05, 0) is 29.1 Å². The first-order valence-corrected chi connectivity index (χ1v) is 8.33. The summed E-state index contributed by atoms with van der Waals surface area (Å²) < 4.78 is 0. The standard InChI is InChI=1S/C17H18N4OS/c1-11(2)16(22)21-13-5-3-4-12(8-13)9-18-15-14-6-7-23-17(14)20-10-19-15/h3-8,10-11H,9H2,1-2H3,(H,21,22)(H,18,19,20). The number of aromatic nitrogens is 2. The van der Waals surface area contributed by atoms with Gasteiger partial charge in [-0.15, -0.1) is 11.3 Å². The zero-order valence-corrected chi connectivity index (χ0v) is 13.9. The van der Waals surface area contributed by atoms with Crippen LogP contribution >= 0.6 is 11.3 Å². The molecule has 5 nitrogen and oxygen atoms in total. The van der Waals surface area contributed by atoms with Crippen molar-refractivity contribution < 1.29 is 4.79 Å². The van der Waals surface area contributed by atoms with Crippen molar-refractivity contribution in [2.45, 2.75) is 20.4 Å². The predicted molar refractivity (Wildman–Crippen MR) is 94.7 cm³/mol. The Labute approximate surface area is 138 Å². The topological polar surface area (TPSA) is 66.9 Å². The number of hydrogen-bond acceptors (Lipinski definition) is 5. The van der Waals surface area contributed by atoms with Crippen molar-refractivity contribution in [3.8, 4) is 0 Å². The molecule has 3 rings (SSSR count). The predicted octanol–water partition coefficient (Wildman–Crippen LogP) is 3.90. The first-order valence-electron chi connectivity index (χ1n) is 7.45. The molecule has 0 saturated heterocycles. The molecule has 2 N–H and O–H groups in total. The molecule has 0 radical (unpaired) electrons. The third-order valence-electron chi connectivity index (χ3n) is 3.44. The van der Waals surface area contributed by atoms with Gasteiger partial charge in [0.1, 0.15) is 17.0 Å². The Balaban J connectivity index is 1.71. The molecule has 118 valence electrons. The van der Waals surface area contributed by atoms with Crippen LogP contribution in [0.3, 0.4) is 0 Å². The van der Waals surface area contributed by atoms with Gasteiger partial charge in [0.25, 0.3) is 0 Å². The second-order valence-electron chi connectivity index (χ2n) is 5.56. The van der Waals surface area contributed by atoms with Crippen LogP contribution in [0.2, 0.25) is 0 Å².